The molecule has 0 saturated carbocycles. The number of carbonyl (C=O) groups is 2. The zero-order chi connectivity index (χ0) is 18.4. The van der Waals surface area contributed by atoms with Crippen LogP contribution in [-0.4, -0.2) is 25.4 Å². The van der Waals surface area contributed by atoms with Crippen LogP contribution in [0.3, 0.4) is 0 Å². The Morgan fingerprint density at radius 1 is 1.20 bits per heavy atom. The molecule has 0 aliphatic carbocycles. The minimum Gasteiger partial charge on any atom is -0.497 e. The number of hydrogen-bond acceptors (Lipinski definition) is 4. The van der Waals surface area contributed by atoms with Crippen LogP contribution in [0.15, 0.2) is 42.5 Å². The number of nitrogens with one attached hydrogen (secondary N) is 1. The number of ketones is 1. The lowest BCUT2D eigenvalue weighted by Crippen LogP contribution is -2.31. The van der Waals surface area contributed by atoms with Crippen molar-refractivity contribution in [3.05, 3.63) is 58.6 Å². The molecule has 0 spiro atoms. The molecule has 0 radical (unpaired) electrons. The van der Waals surface area contributed by atoms with E-state index in [0.29, 0.717) is 22.1 Å². The Kier molecular flexibility index (Phi) is 6.42. The van der Waals surface area contributed by atoms with Crippen molar-refractivity contribution in [2.24, 2.45) is 0 Å². The molecule has 2 aromatic rings. The summed E-state index contributed by atoms with van der Waals surface area (Å²) in [6.07, 6.45) is 0. The summed E-state index contributed by atoms with van der Waals surface area (Å²) in [5.74, 6) is 0.440. The van der Waals surface area contributed by atoms with Crippen molar-refractivity contribution >= 4 is 23.3 Å². The van der Waals surface area contributed by atoms with Gasteiger partial charge in [0.2, 0.25) is 0 Å². The van der Waals surface area contributed by atoms with Crippen molar-refractivity contribution < 1.29 is 19.1 Å². The van der Waals surface area contributed by atoms with Crippen LogP contribution in [-0.2, 0) is 4.79 Å². The van der Waals surface area contributed by atoms with E-state index in [2.05, 4.69) is 5.32 Å². The Morgan fingerprint density at radius 2 is 1.96 bits per heavy atom. The molecular formula is C19H20ClNO4. The lowest BCUT2D eigenvalue weighted by molar-refractivity contribution is -0.123. The lowest BCUT2D eigenvalue weighted by Gasteiger charge is -2.16. The van der Waals surface area contributed by atoms with Crippen LogP contribution in [0, 0.1) is 0 Å². The molecule has 6 heteroatoms. The van der Waals surface area contributed by atoms with Gasteiger partial charge in [0.15, 0.2) is 12.4 Å². The molecule has 0 aromatic heterocycles. The summed E-state index contributed by atoms with van der Waals surface area (Å²) < 4.78 is 10.6. The average molecular weight is 362 g/mol. The summed E-state index contributed by atoms with van der Waals surface area (Å²) in [5, 5.41) is 3.44. The molecule has 2 rings (SSSR count). The number of methoxy groups -OCH3 is 1. The zero-order valence-electron chi connectivity index (χ0n) is 14.3. The Bertz CT molecular complexity index is 776. The third-order valence-corrected chi connectivity index (χ3v) is 3.89. The highest BCUT2D eigenvalue weighted by atomic mass is 35.5. The van der Waals surface area contributed by atoms with E-state index in [9.17, 15) is 9.59 Å². The molecule has 132 valence electrons. The number of benzene rings is 2. The molecule has 0 fully saturated rings. The standard InChI is InChI=1S/C19H20ClNO4/c1-12(14-5-4-6-15(20)9-14)21-19(23)11-25-18-8-7-16(24-3)10-17(18)13(2)22/h4-10,12H,11H2,1-3H3,(H,21,23). The largest absolute Gasteiger partial charge is 0.497 e. The van der Waals surface area contributed by atoms with Gasteiger partial charge in [-0.05, 0) is 49.7 Å². The number of amides is 1. The summed E-state index contributed by atoms with van der Waals surface area (Å²) in [5.41, 5.74) is 1.27. The van der Waals surface area contributed by atoms with E-state index in [1.807, 2.05) is 19.1 Å². The quantitative estimate of drug-likeness (QED) is 0.762. The predicted molar refractivity (Wildman–Crippen MR) is 96.5 cm³/mol. The molecule has 25 heavy (non-hydrogen) atoms. The highest BCUT2D eigenvalue weighted by Gasteiger charge is 2.14. The normalized spacial score (nSPS) is 11.5. The maximum absolute atomic E-state index is 12.1. The summed E-state index contributed by atoms with van der Waals surface area (Å²) in [7, 11) is 1.52. The fraction of sp³-hybridized carbons (Fsp3) is 0.263. The molecule has 1 unspecified atom stereocenters. The van der Waals surface area contributed by atoms with Gasteiger partial charge in [-0.2, -0.15) is 0 Å². The first-order valence-corrected chi connectivity index (χ1v) is 8.15. The second kappa shape index (κ2) is 8.53. The van der Waals surface area contributed by atoms with Crippen molar-refractivity contribution in [1.29, 1.82) is 0 Å². The number of carbonyl (C=O) groups excluding carboxylic acids is 2. The second-order valence-electron chi connectivity index (χ2n) is 5.55. The third kappa shape index (κ3) is 5.22. The van der Waals surface area contributed by atoms with Crippen LogP contribution in [0.4, 0.5) is 0 Å². The zero-order valence-corrected chi connectivity index (χ0v) is 15.1. The molecule has 1 N–H and O–H groups in total. The number of rotatable bonds is 7. The van der Waals surface area contributed by atoms with Crippen LogP contribution in [0.25, 0.3) is 0 Å². The van der Waals surface area contributed by atoms with E-state index in [0.717, 1.165) is 5.56 Å². The Balaban J connectivity index is 1.99. The SMILES string of the molecule is COc1ccc(OCC(=O)NC(C)c2cccc(Cl)c2)c(C(C)=O)c1. The van der Waals surface area contributed by atoms with Gasteiger partial charge in [-0.1, -0.05) is 23.7 Å². The number of halogens is 1. The van der Waals surface area contributed by atoms with Crippen molar-refractivity contribution in [1.82, 2.24) is 5.32 Å². The molecule has 5 nitrogen and oxygen atoms in total. The van der Waals surface area contributed by atoms with Crippen molar-refractivity contribution in [2.75, 3.05) is 13.7 Å². The fourth-order valence-electron chi connectivity index (χ4n) is 2.32. The van der Waals surface area contributed by atoms with Gasteiger partial charge in [-0.25, -0.2) is 0 Å². The van der Waals surface area contributed by atoms with Crippen LogP contribution in [0.5, 0.6) is 11.5 Å². The smallest absolute Gasteiger partial charge is 0.258 e. The third-order valence-electron chi connectivity index (χ3n) is 3.65. The molecule has 0 heterocycles. The fourth-order valence-corrected chi connectivity index (χ4v) is 2.52. The van der Waals surface area contributed by atoms with E-state index >= 15 is 0 Å². The Morgan fingerprint density at radius 3 is 2.60 bits per heavy atom. The first-order valence-electron chi connectivity index (χ1n) is 7.77. The monoisotopic (exact) mass is 361 g/mol. The summed E-state index contributed by atoms with van der Waals surface area (Å²) in [6, 6.07) is 11.9. The molecule has 0 saturated heterocycles. The molecule has 1 amide bonds. The van der Waals surface area contributed by atoms with Gasteiger partial charge in [0.05, 0.1) is 18.7 Å². The number of Topliss-reactive ketones (excluding diaryl/α,β-unsaturated/α-hetero) is 1. The van der Waals surface area contributed by atoms with Crippen molar-refractivity contribution in [2.45, 2.75) is 19.9 Å². The summed E-state index contributed by atoms with van der Waals surface area (Å²) >= 11 is 5.96. The van der Waals surface area contributed by atoms with Gasteiger partial charge in [0, 0.05) is 5.02 Å². The topological polar surface area (TPSA) is 64.6 Å². The van der Waals surface area contributed by atoms with Gasteiger partial charge in [-0.15, -0.1) is 0 Å². The van der Waals surface area contributed by atoms with Gasteiger partial charge in [0.25, 0.3) is 5.91 Å². The van der Waals surface area contributed by atoms with Gasteiger partial charge in [0.1, 0.15) is 11.5 Å². The maximum atomic E-state index is 12.1. The van der Waals surface area contributed by atoms with Crippen LogP contribution in [0.2, 0.25) is 5.02 Å². The summed E-state index contributed by atoms with van der Waals surface area (Å²) in [6.45, 7) is 3.10. The van der Waals surface area contributed by atoms with Gasteiger partial charge < -0.3 is 14.8 Å². The molecule has 0 aliphatic heterocycles. The van der Waals surface area contributed by atoms with E-state index < -0.39 is 0 Å². The van der Waals surface area contributed by atoms with E-state index in [4.69, 9.17) is 21.1 Å². The van der Waals surface area contributed by atoms with Gasteiger partial charge in [-0.3, -0.25) is 9.59 Å². The molecule has 2 aromatic carbocycles. The predicted octanol–water partition coefficient (Wildman–Crippen LogP) is 3.81. The first kappa shape index (κ1) is 18.8. The van der Waals surface area contributed by atoms with E-state index in [1.165, 1.54) is 14.0 Å². The van der Waals surface area contributed by atoms with Crippen molar-refractivity contribution in [3.8, 4) is 11.5 Å². The first-order chi connectivity index (χ1) is 11.9. The van der Waals surface area contributed by atoms with Crippen LogP contribution in [0.1, 0.15) is 35.8 Å². The molecular weight excluding hydrogens is 342 g/mol. The van der Waals surface area contributed by atoms with E-state index in [-0.39, 0.29) is 24.3 Å². The summed E-state index contributed by atoms with van der Waals surface area (Å²) in [4.78, 5) is 23.8. The Labute approximate surface area is 151 Å². The van der Waals surface area contributed by atoms with E-state index in [1.54, 1.807) is 30.3 Å². The van der Waals surface area contributed by atoms with Gasteiger partial charge >= 0.3 is 0 Å². The molecule has 1 atom stereocenters. The maximum Gasteiger partial charge on any atom is 0.258 e. The Hall–Kier alpha value is -2.53. The second-order valence-corrected chi connectivity index (χ2v) is 5.99. The van der Waals surface area contributed by atoms with Crippen molar-refractivity contribution in [3.63, 3.8) is 0 Å². The highest BCUT2D eigenvalue weighted by Crippen LogP contribution is 2.24. The average Bonchev–Trinajstić information content (AvgIpc) is 2.59. The number of hydrogen-bond donors (Lipinski definition) is 1. The molecule has 0 bridgehead atoms. The molecule has 0 aliphatic rings. The minimum absolute atomic E-state index is 0.165. The van der Waals surface area contributed by atoms with Crippen LogP contribution >= 0.6 is 11.6 Å². The van der Waals surface area contributed by atoms with Crippen LogP contribution < -0.4 is 14.8 Å². The minimum atomic E-state index is -0.294. The lowest BCUT2D eigenvalue weighted by atomic mass is 10.1. The highest BCUT2D eigenvalue weighted by molar-refractivity contribution is 6.30. The number of ether oxygens (including phenoxy) is 2.